The van der Waals surface area contributed by atoms with Crippen LogP contribution in [-0.2, 0) is 17.1 Å². The van der Waals surface area contributed by atoms with E-state index in [9.17, 15) is 5.11 Å². The van der Waals surface area contributed by atoms with Crippen LogP contribution in [0.3, 0.4) is 0 Å². The maximum Gasteiger partial charge on any atom is 2.00 e. The minimum absolute atomic E-state index is 0. The molecule has 10 radical (unpaired) electrons. The van der Waals surface area contributed by atoms with Crippen molar-refractivity contribution in [1.82, 2.24) is 9.88 Å². The summed E-state index contributed by atoms with van der Waals surface area (Å²) < 4.78 is 5.36. The minimum Gasteiger partial charge on any atom is -0.497 e. The van der Waals surface area contributed by atoms with E-state index in [0.29, 0.717) is 0 Å². The van der Waals surface area contributed by atoms with Gasteiger partial charge in [0.05, 0.1) is 18.7 Å². The van der Waals surface area contributed by atoms with E-state index in [2.05, 4.69) is 16.3 Å². The maximum atomic E-state index is 11.2. The Bertz CT molecular complexity index is 813. The van der Waals surface area contributed by atoms with E-state index in [1.165, 1.54) is 25.2 Å². The topological polar surface area (TPSA) is 45.6 Å². The summed E-state index contributed by atoms with van der Waals surface area (Å²) in [6.45, 7) is 3.21. The van der Waals surface area contributed by atoms with E-state index in [1.54, 1.807) is 13.3 Å². The number of methoxy groups -OCH3 is 1. The third-order valence-electron chi connectivity index (χ3n) is 5.91. The van der Waals surface area contributed by atoms with Gasteiger partial charge in [-0.25, -0.2) is 0 Å². The molecule has 1 aromatic heterocycles. The van der Waals surface area contributed by atoms with Gasteiger partial charge in [-0.3, -0.25) is 4.98 Å². The molecule has 4 nitrogen and oxygen atoms in total. The van der Waals surface area contributed by atoms with Gasteiger partial charge >= 0.3 is 17.1 Å². The third kappa shape index (κ3) is 6.47. The fourth-order valence-electron chi connectivity index (χ4n) is 4.24. The molecule has 1 atom stereocenters. The van der Waals surface area contributed by atoms with Crippen molar-refractivity contribution in [1.29, 1.82) is 0 Å². The Labute approximate surface area is 204 Å². The maximum absolute atomic E-state index is 11.2. The molecular formula is C27H30FeN2O2+2. The second-order valence-corrected chi connectivity index (χ2v) is 7.99. The van der Waals surface area contributed by atoms with Gasteiger partial charge in [-0.15, -0.1) is 0 Å². The number of piperidine rings is 1. The molecule has 5 rings (SSSR count). The number of nitrogens with zero attached hydrogens (tertiary/aromatic N) is 2. The van der Waals surface area contributed by atoms with Crippen molar-refractivity contribution in [3.8, 4) is 5.75 Å². The first-order valence-electron chi connectivity index (χ1n) is 11.0. The summed E-state index contributed by atoms with van der Waals surface area (Å²) in [5, 5.41) is 12.1. The first kappa shape index (κ1) is 25.5. The van der Waals surface area contributed by atoms with E-state index < -0.39 is 6.10 Å². The molecule has 2 heterocycles. The van der Waals surface area contributed by atoms with Gasteiger partial charge in [0.2, 0.25) is 0 Å². The zero-order valence-electron chi connectivity index (χ0n) is 18.4. The van der Waals surface area contributed by atoms with Gasteiger partial charge in [0.15, 0.2) is 0 Å². The quantitative estimate of drug-likeness (QED) is 0.652. The number of fused-ring (bicyclic) bond motifs is 1. The van der Waals surface area contributed by atoms with Crippen LogP contribution in [0.25, 0.3) is 10.9 Å². The van der Waals surface area contributed by atoms with Crippen molar-refractivity contribution in [2.24, 2.45) is 0 Å². The van der Waals surface area contributed by atoms with Gasteiger partial charge in [-0.1, -0.05) is 6.42 Å². The van der Waals surface area contributed by atoms with Crippen LogP contribution in [0.1, 0.15) is 30.9 Å². The summed E-state index contributed by atoms with van der Waals surface area (Å²) in [5.41, 5.74) is 1.74. The standard InChI is InChI=1S/C22H25N2O2.C5H5.Fe/c1-26-17-8-9-21-20(14-17)19(10-11-23-21)22(25)18-7-5-6-16(18)15-24-12-3-2-4-13-24;1-2-4-5-3-1;/h5-11,14,22,25H,2-4,12-13,15H2,1H3;1-5H;/q;;+2/t22-;;/m1../s1. The van der Waals surface area contributed by atoms with Gasteiger partial charge in [-0.2, -0.15) is 0 Å². The molecule has 1 N–H and O–H groups in total. The molecule has 32 heavy (non-hydrogen) atoms. The van der Waals surface area contributed by atoms with Crippen molar-refractivity contribution in [3.05, 3.63) is 99.2 Å². The van der Waals surface area contributed by atoms with Crippen LogP contribution in [0.15, 0.2) is 30.5 Å². The number of aliphatic hydroxyl groups excluding tert-OH is 1. The number of likely N-dealkylation sites (tertiary alicyclic amines) is 1. The Morgan fingerprint density at radius 3 is 2.38 bits per heavy atom. The summed E-state index contributed by atoms with van der Waals surface area (Å²) in [6, 6.07) is 7.69. The molecule has 0 unspecified atom stereocenters. The average molecular weight is 470 g/mol. The Hall–Kier alpha value is -1.13. The predicted molar refractivity (Wildman–Crippen MR) is 124 cm³/mol. The van der Waals surface area contributed by atoms with E-state index in [1.807, 2.05) is 69.2 Å². The van der Waals surface area contributed by atoms with Crippen molar-refractivity contribution < 1.29 is 26.9 Å². The molecule has 1 saturated heterocycles. The van der Waals surface area contributed by atoms with Gasteiger partial charge in [0.25, 0.3) is 0 Å². The number of benzene rings is 1. The second kappa shape index (κ2) is 12.9. The molecule has 3 aliphatic rings. The molecule has 2 saturated carbocycles. The van der Waals surface area contributed by atoms with Gasteiger partial charge in [0, 0.05) is 30.0 Å². The summed E-state index contributed by atoms with van der Waals surface area (Å²) in [4.78, 5) is 6.91. The summed E-state index contributed by atoms with van der Waals surface area (Å²) >= 11 is 0. The van der Waals surface area contributed by atoms with E-state index in [4.69, 9.17) is 4.74 Å². The van der Waals surface area contributed by atoms with Gasteiger partial charge in [0.1, 0.15) is 5.75 Å². The van der Waals surface area contributed by atoms with Crippen LogP contribution >= 0.6 is 0 Å². The Morgan fingerprint density at radius 1 is 0.969 bits per heavy atom. The molecule has 1 aromatic carbocycles. The zero-order chi connectivity index (χ0) is 21.5. The van der Waals surface area contributed by atoms with Crippen LogP contribution in [0, 0.1) is 63.2 Å². The van der Waals surface area contributed by atoms with Crippen molar-refractivity contribution >= 4 is 10.9 Å². The molecule has 1 aliphatic heterocycles. The minimum atomic E-state index is -0.664. The number of hydrogen-bond donors (Lipinski definition) is 1. The van der Waals surface area contributed by atoms with Crippen LogP contribution in [0.5, 0.6) is 5.75 Å². The zero-order valence-corrected chi connectivity index (χ0v) is 19.5. The van der Waals surface area contributed by atoms with Crippen molar-refractivity contribution in [3.63, 3.8) is 0 Å². The van der Waals surface area contributed by atoms with Crippen LogP contribution in [-0.4, -0.2) is 41.7 Å². The Morgan fingerprint density at radius 2 is 1.69 bits per heavy atom. The van der Waals surface area contributed by atoms with E-state index in [-0.39, 0.29) is 17.1 Å². The monoisotopic (exact) mass is 470 g/mol. The molecule has 2 aliphatic carbocycles. The average Bonchev–Trinajstić information content (AvgIpc) is 3.54. The number of hydrogen-bond acceptors (Lipinski definition) is 4. The molecule has 5 heteroatoms. The number of ether oxygens (including phenoxy) is 1. The molecule has 0 spiro atoms. The summed E-state index contributed by atoms with van der Waals surface area (Å²) in [6.07, 6.45) is 21.2. The van der Waals surface area contributed by atoms with Crippen LogP contribution in [0.2, 0.25) is 0 Å². The van der Waals surface area contributed by atoms with Crippen molar-refractivity contribution in [2.45, 2.75) is 25.4 Å². The number of aromatic nitrogens is 1. The fourth-order valence-corrected chi connectivity index (χ4v) is 4.24. The Kier molecular flexibility index (Phi) is 10.3. The number of aliphatic hydroxyl groups is 1. The molecule has 0 bridgehead atoms. The summed E-state index contributed by atoms with van der Waals surface area (Å²) in [5.74, 6) is 2.98. The van der Waals surface area contributed by atoms with Crippen LogP contribution < -0.4 is 4.74 Å². The fraction of sp³-hybridized carbons (Fsp3) is 0.296. The van der Waals surface area contributed by atoms with E-state index in [0.717, 1.165) is 47.8 Å². The number of rotatable bonds is 5. The smallest absolute Gasteiger partial charge is 0.497 e. The third-order valence-corrected chi connectivity index (χ3v) is 5.91. The first-order chi connectivity index (χ1) is 15.3. The molecule has 0 amide bonds. The van der Waals surface area contributed by atoms with E-state index >= 15 is 0 Å². The normalized spacial score (nSPS) is 21.1. The predicted octanol–water partition coefficient (Wildman–Crippen LogP) is 4.56. The Balaban J connectivity index is 0.000000427. The van der Waals surface area contributed by atoms with Crippen LogP contribution in [0.4, 0.5) is 0 Å². The van der Waals surface area contributed by atoms with Crippen molar-refractivity contribution in [2.75, 3.05) is 26.7 Å². The largest absolute Gasteiger partial charge is 2.00 e. The molecule has 3 fully saturated rings. The molecular weight excluding hydrogens is 440 g/mol. The number of pyridine rings is 1. The van der Waals surface area contributed by atoms with Gasteiger partial charge < -0.3 is 14.7 Å². The first-order valence-corrected chi connectivity index (χ1v) is 11.0. The SMILES string of the molecule is COc1ccc2nccc([C@H](O)[C]3[CH][CH][CH][C]3CN3CCCCC3)c2c1.[CH]1[CH][CH][CH][CH]1.[Fe+2]. The van der Waals surface area contributed by atoms with Gasteiger partial charge in [-0.05, 0) is 107 Å². The molecule has 166 valence electrons. The second-order valence-electron chi connectivity index (χ2n) is 7.99. The summed E-state index contributed by atoms with van der Waals surface area (Å²) in [7, 11) is 1.65. The molecule has 2 aromatic rings.